The Morgan fingerprint density at radius 1 is 1.26 bits per heavy atom. The maximum Gasteiger partial charge on any atom is 0.408 e. The number of carbonyl (C=O) groups excluding carboxylic acids is 2. The van der Waals surface area contributed by atoms with Crippen LogP contribution in [-0.2, 0) is 19.5 Å². The number of amides is 1. The predicted molar refractivity (Wildman–Crippen MR) is 110 cm³/mol. The van der Waals surface area contributed by atoms with Gasteiger partial charge in [0, 0.05) is 10.6 Å². The van der Waals surface area contributed by atoms with E-state index in [4.69, 9.17) is 20.8 Å². The van der Waals surface area contributed by atoms with Gasteiger partial charge >= 0.3 is 6.09 Å². The summed E-state index contributed by atoms with van der Waals surface area (Å²) in [4.78, 5) is 26.1. The normalized spacial score (nSPS) is 23.8. The third-order valence-electron chi connectivity index (χ3n) is 4.27. The number of benzene rings is 1. The Labute approximate surface area is 167 Å². The van der Waals surface area contributed by atoms with Gasteiger partial charge in [0.05, 0.1) is 0 Å². The molecule has 1 saturated carbocycles. The van der Waals surface area contributed by atoms with Crippen LogP contribution in [0.25, 0.3) is 0 Å². The number of alkyl carbamates (subject to hydrolysis) is 1. The molecule has 1 N–H and O–H groups in total. The van der Waals surface area contributed by atoms with Gasteiger partial charge in [0.1, 0.15) is 17.2 Å². The van der Waals surface area contributed by atoms with Gasteiger partial charge in [-0.1, -0.05) is 29.8 Å². The molecular weight excluding hydrogens is 382 g/mol. The van der Waals surface area contributed by atoms with E-state index in [2.05, 4.69) is 5.32 Å². The molecule has 1 amide bonds. The molecule has 150 valence electrons. The van der Waals surface area contributed by atoms with Crippen LogP contribution in [0.1, 0.15) is 45.6 Å². The molecule has 2 atom stereocenters. The number of hydrogen-bond acceptors (Lipinski definition) is 4. The molecule has 1 aromatic carbocycles. The molecule has 1 unspecified atom stereocenters. The van der Waals surface area contributed by atoms with Crippen molar-refractivity contribution >= 4 is 31.8 Å². The summed E-state index contributed by atoms with van der Waals surface area (Å²) in [7, 11) is -1.94. The van der Waals surface area contributed by atoms with Crippen molar-refractivity contribution in [1.82, 2.24) is 5.32 Å². The van der Waals surface area contributed by atoms with E-state index in [1.165, 1.54) is 0 Å². The molecule has 27 heavy (non-hydrogen) atoms. The zero-order valence-electron chi connectivity index (χ0n) is 17.0. The Kier molecular flexibility index (Phi) is 6.44. The zero-order chi connectivity index (χ0) is 20.5. The number of ketones is 1. The molecule has 0 radical (unpaired) electrons. The number of Topliss-reactive ketones (excluding diaryl/α,β-unsaturated/α-hetero) is 1. The average Bonchev–Trinajstić information content (AvgIpc) is 2.48. The van der Waals surface area contributed by atoms with Crippen LogP contribution in [0, 0.1) is 0 Å². The molecule has 0 saturated heterocycles. The highest BCUT2D eigenvalue weighted by Crippen LogP contribution is 2.39. The summed E-state index contributed by atoms with van der Waals surface area (Å²) in [6.07, 6.45) is 0.647. The number of ether oxygens (including phenoxy) is 1. The second kappa shape index (κ2) is 7.93. The summed E-state index contributed by atoms with van der Waals surface area (Å²) in [6, 6.07) is 7.13. The zero-order valence-corrected chi connectivity index (χ0v) is 18.8. The third-order valence-corrected chi connectivity index (χ3v) is 5.60. The summed E-state index contributed by atoms with van der Waals surface area (Å²) >= 11 is 6.43. The lowest BCUT2D eigenvalue weighted by atomic mass is 9.74. The first-order valence-corrected chi connectivity index (χ1v) is 13.1. The van der Waals surface area contributed by atoms with Gasteiger partial charge in [0.2, 0.25) is 0 Å². The molecule has 5 nitrogen and oxygen atoms in total. The van der Waals surface area contributed by atoms with Crippen molar-refractivity contribution in [2.24, 2.45) is 0 Å². The van der Waals surface area contributed by atoms with Crippen molar-refractivity contribution in [3.63, 3.8) is 0 Å². The largest absolute Gasteiger partial charge is 0.444 e. The fourth-order valence-corrected chi connectivity index (χ4v) is 4.74. The van der Waals surface area contributed by atoms with Gasteiger partial charge in [-0.2, -0.15) is 0 Å². The van der Waals surface area contributed by atoms with Crippen LogP contribution in [0.2, 0.25) is 24.7 Å². The number of hydrogen-bond donors (Lipinski definition) is 1. The Morgan fingerprint density at radius 3 is 2.44 bits per heavy atom. The standard InChI is InChI=1S/C20H30ClNO4Si/c1-19(2,3)25-18(24)22-20(14-10-7-8-11-15(14)21)13-9-12-16(17(20)23)26-27(4,5)6/h7-8,10-11,16H,9,12-13H2,1-6H3,(H,22,24)/t16?,20-/m1/s1. The minimum atomic E-state index is -1.94. The van der Waals surface area contributed by atoms with Crippen LogP contribution in [0.4, 0.5) is 4.79 Å². The smallest absolute Gasteiger partial charge is 0.408 e. The topological polar surface area (TPSA) is 64.6 Å². The van der Waals surface area contributed by atoms with E-state index in [-0.39, 0.29) is 5.78 Å². The van der Waals surface area contributed by atoms with Crippen LogP contribution in [0.15, 0.2) is 24.3 Å². The number of rotatable bonds is 4. The molecule has 0 spiro atoms. The van der Waals surface area contributed by atoms with E-state index in [0.717, 1.165) is 6.42 Å². The highest BCUT2D eigenvalue weighted by molar-refractivity contribution is 6.69. The van der Waals surface area contributed by atoms with Crippen molar-refractivity contribution in [3.05, 3.63) is 34.9 Å². The molecule has 1 aliphatic carbocycles. The third kappa shape index (κ3) is 5.56. The molecule has 0 heterocycles. The summed E-state index contributed by atoms with van der Waals surface area (Å²) in [6.45, 7) is 11.5. The first kappa shape index (κ1) is 21.9. The number of nitrogens with one attached hydrogen (secondary N) is 1. The minimum absolute atomic E-state index is 0.157. The van der Waals surface area contributed by atoms with Crippen LogP contribution in [-0.4, -0.2) is 31.9 Å². The maximum atomic E-state index is 13.5. The lowest BCUT2D eigenvalue weighted by Gasteiger charge is -2.42. The van der Waals surface area contributed by atoms with Crippen LogP contribution in [0.3, 0.4) is 0 Å². The molecular formula is C20H30ClNO4Si. The summed E-state index contributed by atoms with van der Waals surface area (Å²) in [5, 5.41) is 3.29. The molecule has 1 fully saturated rings. The van der Waals surface area contributed by atoms with Gasteiger partial charge < -0.3 is 14.5 Å². The second-order valence-electron chi connectivity index (χ2n) is 8.99. The Morgan fingerprint density at radius 2 is 1.89 bits per heavy atom. The Balaban J connectivity index is 2.45. The molecule has 0 aliphatic heterocycles. The van der Waals surface area contributed by atoms with Crippen molar-refractivity contribution in [1.29, 1.82) is 0 Å². The summed E-state index contributed by atoms with van der Waals surface area (Å²) in [5.41, 5.74) is -1.33. The monoisotopic (exact) mass is 411 g/mol. The van der Waals surface area contributed by atoms with E-state index >= 15 is 0 Å². The highest BCUT2D eigenvalue weighted by Gasteiger charge is 2.50. The van der Waals surface area contributed by atoms with Gasteiger partial charge in [0.25, 0.3) is 0 Å². The first-order chi connectivity index (χ1) is 12.3. The molecule has 2 rings (SSSR count). The SMILES string of the molecule is CC(C)(C)OC(=O)N[C@@]1(c2ccccc2Cl)CCCC(O[Si](C)(C)C)C1=O. The lowest BCUT2D eigenvalue weighted by Crippen LogP contribution is -2.59. The fourth-order valence-electron chi connectivity index (χ4n) is 3.36. The van der Waals surface area contributed by atoms with E-state index in [0.29, 0.717) is 23.4 Å². The van der Waals surface area contributed by atoms with E-state index < -0.39 is 31.7 Å². The van der Waals surface area contributed by atoms with Crippen LogP contribution in [0.5, 0.6) is 0 Å². The van der Waals surface area contributed by atoms with Gasteiger partial charge in [0.15, 0.2) is 14.1 Å². The van der Waals surface area contributed by atoms with Crippen LogP contribution >= 0.6 is 11.6 Å². The van der Waals surface area contributed by atoms with Crippen molar-refractivity contribution in [3.8, 4) is 0 Å². The molecule has 7 heteroatoms. The van der Waals surface area contributed by atoms with E-state index in [1.807, 2.05) is 25.7 Å². The lowest BCUT2D eigenvalue weighted by molar-refractivity contribution is -0.136. The van der Waals surface area contributed by atoms with Crippen molar-refractivity contribution < 1.29 is 18.8 Å². The maximum absolute atomic E-state index is 13.5. The fraction of sp³-hybridized carbons (Fsp3) is 0.600. The van der Waals surface area contributed by atoms with Crippen molar-refractivity contribution in [2.75, 3.05) is 0 Å². The van der Waals surface area contributed by atoms with E-state index in [1.54, 1.807) is 39.0 Å². The van der Waals surface area contributed by atoms with Crippen LogP contribution < -0.4 is 5.32 Å². The second-order valence-corrected chi connectivity index (χ2v) is 13.9. The van der Waals surface area contributed by atoms with E-state index in [9.17, 15) is 9.59 Å². The van der Waals surface area contributed by atoms with Crippen molar-refractivity contribution in [2.45, 2.75) is 76.9 Å². The number of halogens is 1. The van der Waals surface area contributed by atoms with Gasteiger partial charge in [-0.05, 0) is 65.7 Å². The summed E-state index contributed by atoms with van der Waals surface area (Å²) < 4.78 is 11.6. The quantitative estimate of drug-likeness (QED) is 0.705. The highest BCUT2D eigenvalue weighted by atomic mass is 35.5. The van der Waals surface area contributed by atoms with Gasteiger partial charge in [-0.25, -0.2) is 4.79 Å². The Bertz CT molecular complexity index is 711. The Hall–Kier alpha value is -1.37. The average molecular weight is 412 g/mol. The first-order valence-electron chi connectivity index (χ1n) is 9.32. The van der Waals surface area contributed by atoms with Gasteiger partial charge in [-0.3, -0.25) is 4.79 Å². The molecule has 0 aromatic heterocycles. The molecule has 1 aliphatic rings. The number of carbonyl (C=O) groups is 2. The minimum Gasteiger partial charge on any atom is -0.444 e. The summed E-state index contributed by atoms with van der Waals surface area (Å²) in [5.74, 6) is -0.157. The van der Waals surface area contributed by atoms with Gasteiger partial charge in [-0.15, -0.1) is 0 Å². The predicted octanol–water partition coefficient (Wildman–Crippen LogP) is 5.03. The molecule has 1 aromatic rings. The molecule has 0 bridgehead atoms.